The lowest BCUT2D eigenvalue weighted by Crippen LogP contribution is -2.10. The molecule has 0 atom stereocenters. The molecular weight excluding hydrogens is 246 g/mol. The Morgan fingerprint density at radius 2 is 1.25 bits per heavy atom. The molecule has 0 aliphatic carbocycles. The van der Waals surface area contributed by atoms with E-state index in [-0.39, 0.29) is 0 Å². The Labute approximate surface area is 121 Å². The fourth-order valence-electron chi connectivity index (χ4n) is 1.93. The number of hydrogen-bond acceptors (Lipinski definition) is 2. The van der Waals surface area contributed by atoms with Crippen molar-refractivity contribution in [2.24, 2.45) is 0 Å². The largest absolute Gasteiger partial charge is 0.385 e. The number of nitrogens with one attached hydrogen (secondary N) is 1. The predicted octanol–water partition coefficient (Wildman–Crippen LogP) is 3.89. The summed E-state index contributed by atoms with van der Waals surface area (Å²) in [7, 11) is 1.76. The summed E-state index contributed by atoms with van der Waals surface area (Å²) in [4.78, 5) is 11.2. The lowest BCUT2D eigenvalue weighted by Gasteiger charge is -2.12. The highest BCUT2D eigenvalue weighted by Crippen LogP contribution is 2.24. The molecule has 0 saturated carbocycles. The van der Waals surface area contributed by atoms with Crippen molar-refractivity contribution < 1.29 is 4.79 Å². The molecule has 0 heterocycles. The number of hydrogen-bond donors (Lipinski definition) is 1. The zero-order valence-electron chi connectivity index (χ0n) is 12.3. The Bertz CT molecular complexity index is 503. The third kappa shape index (κ3) is 3.82. The van der Waals surface area contributed by atoms with Gasteiger partial charge in [0.25, 0.3) is 0 Å². The highest BCUT2D eigenvalue weighted by Gasteiger charge is 2.09. The van der Waals surface area contributed by atoms with E-state index in [1.54, 1.807) is 7.05 Å². The average molecular weight is 267 g/mol. The zero-order chi connectivity index (χ0) is 14.8. The second-order valence-electron chi connectivity index (χ2n) is 3.89. The Morgan fingerprint density at radius 1 is 0.850 bits per heavy atom. The van der Waals surface area contributed by atoms with Gasteiger partial charge in [-0.3, -0.25) is 4.79 Å². The van der Waals surface area contributed by atoms with Crippen LogP contribution in [-0.2, 0) is 4.79 Å². The van der Waals surface area contributed by atoms with Crippen LogP contribution in [0.1, 0.15) is 25.0 Å². The van der Waals surface area contributed by atoms with Gasteiger partial charge < -0.3 is 5.32 Å². The molecule has 2 nitrogen and oxygen atoms in total. The Balaban J connectivity index is 0.000000956. The van der Waals surface area contributed by atoms with E-state index in [0.717, 1.165) is 23.0 Å². The first-order chi connectivity index (χ1) is 9.86. The van der Waals surface area contributed by atoms with Gasteiger partial charge in [-0.15, -0.1) is 0 Å². The van der Waals surface area contributed by atoms with Gasteiger partial charge >= 0.3 is 0 Å². The van der Waals surface area contributed by atoms with E-state index in [2.05, 4.69) is 5.32 Å². The van der Waals surface area contributed by atoms with Crippen LogP contribution in [0.2, 0.25) is 0 Å². The summed E-state index contributed by atoms with van der Waals surface area (Å²) in [6.45, 7) is 4.00. The molecule has 2 rings (SSSR count). The molecule has 0 fully saturated rings. The number of benzene rings is 2. The summed E-state index contributed by atoms with van der Waals surface area (Å²) in [6, 6.07) is 19.8. The molecule has 0 saturated heterocycles. The number of likely N-dealkylation sites (N-methyl/N-ethyl adjacent to an activating group) is 1. The van der Waals surface area contributed by atoms with Gasteiger partial charge in [0.1, 0.15) is 0 Å². The highest BCUT2D eigenvalue weighted by molar-refractivity contribution is 5.94. The van der Waals surface area contributed by atoms with Gasteiger partial charge in [0.2, 0.25) is 0 Å². The van der Waals surface area contributed by atoms with Crippen molar-refractivity contribution in [3.05, 3.63) is 77.5 Å². The molecule has 2 aromatic carbocycles. The molecule has 0 aliphatic heterocycles. The molecular formula is C18H21NO. The summed E-state index contributed by atoms with van der Waals surface area (Å²) in [5.74, 6) is 0. The van der Waals surface area contributed by atoms with Crippen LogP contribution in [0.15, 0.2) is 66.4 Å². The maximum Gasteiger partial charge on any atom is 0.166 e. The van der Waals surface area contributed by atoms with Gasteiger partial charge in [0, 0.05) is 12.6 Å². The minimum atomic E-state index is 0.590. The summed E-state index contributed by atoms with van der Waals surface area (Å²) in [5.41, 5.74) is 3.57. The minimum Gasteiger partial charge on any atom is -0.385 e. The maximum absolute atomic E-state index is 11.2. The molecule has 104 valence electrons. The van der Waals surface area contributed by atoms with Gasteiger partial charge in [-0.2, -0.15) is 0 Å². The lowest BCUT2D eigenvalue weighted by atomic mass is 9.96. The molecule has 0 amide bonds. The third-order valence-corrected chi connectivity index (χ3v) is 2.78. The van der Waals surface area contributed by atoms with Crippen LogP contribution in [0.5, 0.6) is 0 Å². The number of carbonyl (C=O) groups excluding carboxylic acids is 1. The Morgan fingerprint density at radius 3 is 1.55 bits per heavy atom. The molecule has 0 bridgehead atoms. The van der Waals surface area contributed by atoms with Gasteiger partial charge in [-0.25, -0.2) is 0 Å². The Kier molecular flexibility index (Phi) is 6.83. The number of rotatable bonds is 4. The minimum absolute atomic E-state index is 0.590. The first-order valence-corrected chi connectivity index (χ1v) is 6.85. The van der Waals surface area contributed by atoms with Crippen LogP contribution in [0.25, 0.3) is 5.57 Å². The molecule has 0 radical (unpaired) electrons. The predicted molar refractivity (Wildman–Crippen MR) is 85.4 cm³/mol. The van der Waals surface area contributed by atoms with Crippen LogP contribution in [-0.4, -0.2) is 13.3 Å². The van der Waals surface area contributed by atoms with Crippen molar-refractivity contribution in [1.29, 1.82) is 0 Å². The quantitative estimate of drug-likeness (QED) is 0.672. The fraction of sp³-hybridized carbons (Fsp3) is 0.167. The van der Waals surface area contributed by atoms with E-state index < -0.39 is 0 Å². The standard InChI is InChI=1S/C16H15NO.C2H6/c1-17-15(12-18)16(13-8-4-2-5-9-13)14-10-6-3-7-11-14;1-2/h2-12,17H,1H3;1-2H3. The molecule has 2 heteroatoms. The van der Waals surface area contributed by atoms with Crippen molar-refractivity contribution >= 4 is 11.9 Å². The number of aldehydes is 1. The highest BCUT2D eigenvalue weighted by atomic mass is 16.1. The topological polar surface area (TPSA) is 29.1 Å². The molecule has 0 spiro atoms. The van der Waals surface area contributed by atoms with Crippen molar-refractivity contribution in [2.75, 3.05) is 7.05 Å². The monoisotopic (exact) mass is 267 g/mol. The summed E-state index contributed by atoms with van der Waals surface area (Å²) in [5, 5.41) is 2.96. The molecule has 0 aliphatic rings. The summed E-state index contributed by atoms with van der Waals surface area (Å²) >= 11 is 0. The number of carbonyl (C=O) groups is 1. The second kappa shape index (κ2) is 8.70. The molecule has 1 N–H and O–H groups in total. The van der Waals surface area contributed by atoms with Crippen LogP contribution in [0.3, 0.4) is 0 Å². The van der Waals surface area contributed by atoms with Crippen LogP contribution >= 0.6 is 0 Å². The van der Waals surface area contributed by atoms with Crippen molar-refractivity contribution in [3.63, 3.8) is 0 Å². The Hall–Kier alpha value is -2.35. The van der Waals surface area contributed by atoms with E-state index in [1.807, 2.05) is 74.5 Å². The van der Waals surface area contributed by atoms with E-state index in [9.17, 15) is 4.79 Å². The van der Waals surface area contributed by atoms with Crippen LogP contribution < -0.4 is 5.32 Å². The van der Waals surface area contributed by atoms with E-state index in [4.69, 9.17) is 0 Å². The average Bonchev–Trinajstić information content (AvgIpc) is 2.56. The zero-order valence-corrected chi connectivity index (χ0v) is 12.3. The van der Waals surface area contributed by atoms with E-state index >= 15 is 0 Å². The smallest absolute Gasteiger partial charge is 0.166 e. The molecule has 0 unspecified atom stereocenters. The normalized spacial score (nSPS) is 8.95. The van der Waals surface area contributed by atoms with Crippen molar-refractivity contribution in [2.45, 2.75) is 13.8 Å². The van der Waals surface area contributed by atoms with Crippen LogP contribution in [0, 0.1) is 0 Å². The van der Waals surface area contributed by atoms with E-state index in [1.165, 1.54) is 0 Å². The van der Waals surface area contributed by atoms with Gasteiger partial charge in [0.15, 0.2) is 6.29 Å². The molecule has 20 heavy (non-hydrogen) atoms. The second-order valence-corrected chi connectivity index (χ2v) is 3.89. The SMILES string of the molecule is CC.CNC(C=O)=C(c1ccccc1)c1ccccc1. The maximum atomic E-state index is 11.2. The van der Waals surface area contributed by atoms with Gasteiger partial charge in [-0.05, 0) is 11.1 Å². The lowest BCUT2D eigenvalue weighted by molar-refractivity contribution is -0.105. The van der Waals surface area contributed by atoms with Gasteiger partial charge in [0.05, 0.1) is 5.70 Å². The summed E-state index contributed by atoms with van der Waals surface area (Å²) in [6.07, 6.45) is 0.856. The number of allylic oxidation sites excluding steroid dienone is 1. The molecule has 0 aromatic heterocycles. The fourth-order valence-corrected chi connectivity index (χ4v) is 1.93. The van der Waals surface area contributed by atoms with Crippen LogP contribution in [0.4, 0.5) is 0 Å². The first-order valence-electron chi connectivity index (χ1n) is 6.85. The van der Waals surface area contributed by atoms with Crippen molar-refractivity contribution in [3.8, 4) is 0 Å². The molecule has 2 aromatic rings. The van der Waals surface area contributed by atoms with Gasteiger partial charge in [-0.1, -0.05) is 74.5 Å². The summed E-state index contributed by atoms with van der Waals surface area (Å²) < 4.78 is 0. The van der Waals surface area contributed by atoms with Crippen molar-refractivity contribution in [1.82, 2.24) is 5.32 Å². The first kappa shape index (κ1) is 15.7. The third-order valence-electron chi connectivity index (χ3n) is 2.78. The van der Waals surface area contributed by atoms with E-state index in [0.29, 0.717) is 5.70 Å².